The van der Waals surface area contributed by atoms with Crippen molar-refractivity contribution in [3.8, 4) is 55.6 Å². The highest BCUT2D eigenvalue weighted by Crippen LogP contribution is 2.43. The van der Waals surface area contributed by atoms with Gasteiger partial charge in [0, 0.05) is 49.7 Å². The minimum absolute atomic E-state index is 0.878. The zero-order chi connectivity index (χ0) is 46.8. The van der Waals surface area contributed by atoms with E-state index in [4.69, 9.17) is 8.83 Å². The predicted octanol–water partition coefficient (Wildman–Crippen LogP) is 19.6. The van der Waals surface area contributed by atoms with Gasteiger partial charge in [-0.15, -0.1) is 0 Å². The van der Waals surface area contributed by atoms with Gasteiger partial charge in [-0.2, -0.15) is 0 Å². The predicted molar refractivity (Wildman–Crippen MR) is 298 cm³/mol. The fourth-order valence-electron chi connectivity index (χ4n) is 10.6. The lowest BCUT2D eigenvalue weighted by Gasteiger charge is -2.26. The Kier molecular flexibility index (Phi) is 9.53. The van der Waals surface area contributed by atoms with E-state index in [0.29, 0.717) is 0 Å². The molecule has 3 nitrogen and oxygen atoms in total. The number of fused-ring (bicyclic) bond motifs is 8. The average molecular weight is 906 g/mol. The third kappa shape index (κ3) is 7.14. The van der Waals surface area contributed by atoms with Gasteiger partial charge in [0.15, 0.2) is 0 Å². The Bertz CT molecular complexity index is 4070. The first-order valence-corrected chi connectivity index (χ1v) is 24.2. The largest absolute Gasteiger partial charge is 0.455 e. The molecular weight excluding hydrogens is 863 g/mol. The lowest BCUT2D eigenvalue weighted by atomic mass is 9.92. The van der Waals surface area contributed by atoms with Gasteiger partial charge in [-0.3, -0.25) is 0 Å². The second kappa shape index (κ2) is 16.7. The Hall–Kier alpha value is -9.44. The van der Waals surface area contributed by atoms with Crippen molar-refractivity contribution in [3.63, 3.8) is 0 Å². The van der Waals surface area contributed by atoms with Crippen LogP contribution in [0.3, 0.4) is 0 Å². The molecule has 0 aliphatic heterocycles. The first kappa shape index (κ1) is 40.6. The van der Waals surface area contributed by atoms with E-state index in [1.54, 1.807) is 0 Å². The second-order valence-corrected chi connectivity index (χ2v) is 18.5. The number of para-hydroxylation sites is 4. The lowest BCUT2D eigenvalue weighted by Crippen LogP contribution is -2.09. The van der Waals surface area contributed by atoms with Crippen molar-refractivity contribution in [1.29, 1.82) is 0 Å². The van der Waals surface area contributed by atoms with Crippen LogP contribution in [-0.2, 0) is 0 Å². The third-order valence-electron chi connectivity index (χ3n) is 14.2. The van der Waals surface area contributed by atoms with Gasteiger partial charge < -0.3 is 13.7 Å². The van der Waals surface area contributed by atoms with Gasteiger partial charge in [0.1, 0.15) is 22.3 Å². The smallest absolute Gasteiger partial charge is 0.143 e. The van der Waals surface area contributed by atoms with E-state index in [2.05, 4.69) is 241 Å². The van der Waals surface area contributed by atoms with E-state index in [9.17, 15) is 0 Å². The number of rotatable bonds is 8. The SMILES string of the molecule is c1ccc2cc(-c3ccc(N(c4ccc(-c5cc(-c6cccc7c6oc6ccccc67)cc(-c6cccc7c6oc6ccccc67)c5)cc4)c4ccc(-c5ccc6ccccc6c5)cc4)cc3)ccc2c1. The Balaban J connectivity index is 0.890. The second-order valence-electron chi connectivity index (χ2n) is 18.5. The van der Waals surface area contributed by atoms with Crippen molar-refractivity contribution in [2.24, 2.45) is 0 Å². The standard InChI is InChI=1S/C68H43NO2/c1-3-13-49-39-51(25-23-44(49)11-1)46-27-33-56(34-28-46)69(57-35-29-47(30-36-57)52-26-24-45-12-2-4-14-50(45)40-52)58-37-31-48(32-38-58)53-41-54(59-17-9-19-63-61-15-5-7-21-65(61)70-67(59)63)43-55(42-53)60-18-10-20-64-62-16-6-8-22-66(62)71-68(60)64/h1-43H. The van der Waals surface area contributed by atoms with Gasteiger partial charge in [-0.25, -0.2) is 0 Å². The first-order chi connectivity index (χ1) is 35.1. The van der Waals surface area contributed by atoms with E-state index in [0.717, 1.165) is 94.3 Å². The maximum absolute atomic E-state index is 6.64. The molecule has 0 spiro atoms. The Morgan fingerprint density at radius 2 is 0.577 bits per heavy atom. The molecule has 2 aromatic heterocycles. The highest BCUT2D eigenvalue weighted by molar-refractivity contribution is 6.12. The first-order valence-electron chi connectivity index (χ1n) is 24.2. The van der Waals surface area contributed by atoms with Crippen LogP contribution in [0, 0.1) is 0 Å². The summed E-state index contributed by atoms with van der Waals surface area (Å²) in [5.74, 6) is 0. The molecule has 14 rings (SSSR count). The number of hydrogen-bond donors (Lipinski definition) is 0. The van der Waals surface area contributed by atoms with Gasteiger partial charge in [0.25, 0.3) is 0 Å². The molecule has 0 radical (unpaired) electrons. The zero-order valence-electron chi connectivity index (χ0n) is 38.6. The molecule has 3 heteroatoms. The summed E-state index contributed by atoms with van der Waals surface area (Å²) in [5.41, 5.74) is 17.9. The van der Waals surface area contributed by atoms with E-state index >= 15 is 0 Å². The molecule has 0 saturated carbocycles. The fourth-order valence-corrected chi connectivity index (χ4v) is 10.6. The van der Waals surface area contributed by atoms with Crippen molar-refractivity contribution in [2.45, 2.75) is 0 Å². The van der Waals surface area contributed by atoms with Gasteiger partial charge in [0.05, 0.1) is 0 Å². The lowest BCUT2D eigenvalue weighted by molar-refractivity contribution is 0.670. The van der Waals surface area contributed by atoms with E-state index < -0.39 is 0 Å². The van der Waals surface area contributed by atoms with Crippen LogP contribution < -0.4 is 4.90 Å². The molecule has 0 aliphatic rings. The van der Waals surface area contributed by atoms with Crippen LogP contribution >= 0.6 is 0 Å². The molecule has 14 aromatic rings. The van der Waals surface area contributed by atoms with E-state index in [-0.39, 0.29) is 0 Å². The average Bonchev–Trinajstić information content (AvgIpc) is 4.02. The van der Waals surface area contributed by atoms with Gasteiger partial charge in [-0.05, 0) is 145 Å². The van der Waals surface area contributed by atoms with Crippen LogP contribution in [0.4, 0.5) is 17.1 Å². The van der Waals surface area contributed by atoms with Crippen LogP contribution in [0.2, 0.25) is 0 Å². The number of benzene rings is 12. The number of anilines is 3. The van der Waals surface area contributed by atoms with Gasteiger partial charge in [0.2, 0.25) is 0 Å². The zero-order valence-corrected chi connectivity index (χ0v) is 38.6. The third-order valence-corrected chi connectivity index (χ3v) is 14.2. The Morgan fingerprint density at radius 1 is 0.225 bits per heavy atom. The summed E-state index contributed by atoms with van der Waals surface area (Å²) in [6, 6.07) is 93.8. The Labute approximate surface area is 410 Å². The summed E-state index contributed by atoms with van der Waals surface area (Å²) in [7, 11) is 0. The summed E-state index contributed by atoms with van der Waals surface area (Å²) in [4.78, 5) is 2.35. The van der Waals surface area contributed by atoms with Gasteiger partial charge >= 0.3 is 0 Å². The van der Waals surface area contributed by atoms with Crippen molar-refractivity contribution in [2.75, 3.05) is 4.90 Å². The summed E-state index contributed by atoms with van der Waals surface area (Å²) >= 11 is 0. The molecule has 2 heterocycles. The number of furan rings is 2. The summed E-state index contributed by atoms with van der Waals surface area (Å²) in [6.45, 7) is 0. The van der Waals surface area contributed by atoms with Crippen molar-refractivity contribution < 1.29 is 8.83 Å². The molecule has 0 N–H and O–H groups in total. The quantitative estimate of drug-likeness (QED) is 0.152. The molecule has 0 saturated heterocycles. The summed E-state index contributed by atoms with van der Waals surface area (Å²) < 4.78 is 13.3. The molecule has 0 amide bonds. The Morgan fingerprint density at radius 3 is 1.03 bits per heavy atom. The summed E-state index contributed by atoms with van der Waals surface area (Å²) in [6.07, 6.45) is 0. The molecule has 12 aromatic carbocycles. The minimum Gasteiger partial charge on any atom is -0.455 e. The number of nitrogens with zero attached hydrogens (tertiary/aromatic N) is 1. The van der Waals surface area contributed by atoms with Crippen LogP contribution in [0.25, 0.3) is 121 Å². The normalized spacial score (nSPS) is 11.7. The molecule has 332 valence electrons. The van der Waals surface area contributed by atoms with Crippen molar-refractivity contribution >= 4 is 82.5 Å². The van der Waals surface area contributed by atoms with Crippen LogP contribution in [0.15, 0.2) is 270 Å². The van der Waals surface area contributed by atoms with Crippen LogP contribution in [0.5, 0.6) is 0 Å². The van der Waals surface area contributed by atoms with E-state index in [1.807, 2.05) is 24.3 Å². The monoisotopic (exact) mass is 905 g/mol. The van der Waals surface area contributed by atoms with Crippen molar-refractivity contribution in [3.05, 3.63) is 261 Å². The minimum atomic E-state index is 0.878. The fraction of sp³-hybridized carbons (Fsp3) is 0. The van der Waals surface area contributed by atoms with Gasteiger partial charge in [-0.1, -0.05) is 182 Å². The molecule has 0 fully saturated rings. The maximum Gasteiger partial charge on any atom is 0.143 e. The molecular formula is C68H43NO2. The topological polar surface area (TPSA) is 29.5 Å². The molecule has 71 heavy (non-hydrogen) atoms. The number of hydrogen-bond acceptors (Lipinski definition) is 3. The summed E-state index contributed by atoms with van der Waals surface area (Å²) in [5, 5.41) is 9.37. The highest BCUT2D eigenvalue weighted by Gasteiger charge is 2.19. The van der Waals surface area contributed by atoms with Crippen LogP contribution in [0.1, 0.15) is 0 Å². The van der Waals surface area contributed by atoms with Crippen molar-refractivity contribution in [1.82, 2.24) is 0 Å². The van der Waals surface area contributed by atoms with E-state index in [1.165, 1.54) is 43.8 Å². The molecule has 0 aliphatic carbocycles. The molecule has 0 bridgehead atoms. The molecule has 0 atom stereocenters. The highest BCUT2D eigenvalue weighted by atomic mass is 16.3. The van der Waals surface area contributed by atoms with Crippen LogP contribution in [-0.4, -0.2) is 0 Å². The maximum atomic E-state index is 6.64. The molecule has 0 unspecified atom stereocenters.